The summed E-state index contributed by atoms with van der Waals surface area (Å²) in [5.41, 5.74) is 2.70. The van der Waals surface area contributed by atoms with Gasteiger partial charge in [0.05, 0.1) is 41.4 Å². The van der Waals surface area contributed by atoms with Crippen molar-refractivity contribution in [2.45, 2.75) is 32.7 Å². The van der Waals surface area contributed by atoms with E-state index in [2.05, 4.69) is 15.5 Å². The van der Waals surface area contributed by atoms with Crippen molar-refractivity contribution in [2.75, 3.05) is 19.8 Å². The fourth-order valence-corrected chi connectivity index (χ4v) is 3.39. The maximum absolute atomic E-state index is 13.2. The van der Waals surface area contributed by atoms with Gasteiger partial charge in [-0.15, -0.1) is 0 Å². The Hall–Kier alpha value is -2.97. The summed E-state index contributed by atoms with van der Waals surface area (Å²) in [4.78, 5) is 13.0. The van der Waals surface area contributed by atoms with Gasteiger partial charge in [0, 0.05) is 0 Å². The lowest BCUT2D eigenvalue weighted by atomic mass is 10.0. The minimum absolute atomic E-state index is 0.0234. The molecule has 0 aliphatic carbocycles. The zero-order valence-corrected chi connectivity index (χ0v) is 17.7. The first-order valence-corrected chi connectivity index (χ1v) is 10.3. The van der Waals surface area contributed by atoms with Gasteiger partial charge < -0.3 is 20.3 Å². The second-order valence-electron chi connectivity index (χ2n) is 7.74. The van der Waals surface area contributed by atoms with Crippen LogP contribution in [-0.4, -0.2) is 52.2 Å². The van der Waals surface area contributed by atoms with Gasteiger partial charge in [-0.1, -0.05) is 26.0 Å². The van der Waals surface area contributed by atoms with Crippen LogP contribution < -0.4 is 10.1 Å². The maximum atomic E-state index is 13.2. The van der Waals surface area contributed by atoms with Crippen molar-refractivity contribution in [1.82, 2.24) is 15.5 Å². The van der Waals surface area contributed by atoms with Crippen LogP contribution in [0.2, 0.25) is 0 Å². The summed E-state index contributed by atoms with van der Waals surface area (Å²) in [5.74, 6) is -0.257. The Kier molecular flexibility index (Phi) is 7.59. The molecule has 1 atom stereocenters. The van der Waals surface area contributed by atoms with E-state index < -0.39 is 6.04 Å². The molecule has 8 heteroatoms. The molecule has 0 aliphatic heterocycles. The van der Waals surface area contributed by atoms with Crippen molar-refractivity contribution in [3.63, 3.8) is 0 Å². The van der Waals surface area contributed by atoms with Gasteiger partial charge in [-0.3, -0.25) is 9.89 Å². The third-order valence-electron chi connectivity index (χ3n) is 5.22. The number of aliphatic hydroxyl groups excluding tert-OH is 2. The number of hydrogen-bond donors (Lipinski definition) is 4. The van der Waals surface area contributed by atoms with Gasteiger partial charge in [0.1, 0.15) is 18.2 Å². The van der Waals surface area contributed by atoms with E-state index in [0.717, 1.165) is 5.56 Å². The Labute approximate surface area is 180 Å². The number of amides is 1. The minimum atomic E-state index is -0.392. The number of aromatic nitrogens is 2. The average molecular weight is 429 g/mol. The van der Waals surface area contributed by atoms with E-state index in [1.807, 2.05) is 13.8 Å². The summed E-state index contributed by atoms with van der Waals surface area (Å²) in [6.45, 7) is 3.47. The second-order valence-corrected chi connectivity index (χ2v) is 7.74. The molecule has 0 saturated carbocycles. The molecule has 7 nitrogen and oxygen atoms in total. The van der Waals surface area contributed by atoms with Crippen molar-refractivity contribution >= 4 is 16.8 Å². The van der Waals surface area contributed by atoms with Crippen LogP contribution in [0.5, 0.6) is 5.75 Å². The Bertz CT molecular complexity index is 1020. The number of halogens is 1. The first-order chi connectivity index (χ1) is 14.9. The highest BCUT2D eigenvalue weighted by Crippen LogP contribution is 2.32. The number of aromatic amines is 1. The molecule has 0 bridgehead atoms. The van der Waals surface area contributed by atoms with Crippen LogP contribution in [0.1, 0.15) is 35.5 Å². The third kappa shape index (κ3) is 5.39. The van der Waals surface area contributed by atoms with E-state index in [1.165, 1.54) is 12.1 Å². The molecule has 0 saturated heterocycles. The normalized spacial score (nSPS) is 12.3. The van der Waals surface area contributed by atoms with E-state index >= 15 is 0 Å². The van der Waals surface area contributed by atoms with Gasteiger partial charge in [0.2, 0.25) is 0 Å². The average Bonchev–Trinajstić information content (AvgIpc) is 3.18. The van der Waals surface area contributed by atoms with Gasteiger partial charge in [-0.05, 0) is 48.6 Å². The number of nitrogens with zero attached hydrogens (tertiary/aromatic N) is 1. The number of fused-ring (bicyclic) bond motifs is 1. The van der Waals surface area contributed by atoms with Crippen molar-refractivity contribution in [3.05, 3.63) is 59.0 Å². The molecule has 3 aromatic rings. The van der Waals surface area contributed by atoms with E-state index in [4.69, 9.17) is 4.74 Å². The van der Waals surface area contributed by atoms with Crippen LogP contribution in [0.15, 0.2) is 36.4 Å². The fourth-order valence-electron chi connectivity index (χ4n) is 3.39. The molecule has 166 valence electrons. The van der Waals surface area contributed by atoms with Crippen molar-refractivity contribution < 1.29 is 24.1 Å². The quantitative estimate of drug-likeness (QED) is 0.396. The lowest BCUT2D eigenvalue weighted by molar-refractivity contribution is 0.0891. The van der Waals surface area contributed by atoms with Crippen LogP contribution in [0, 0.1) is 11.7 Å². The number of aliphatic hydroxyl groups is 2. The van der Waals surface area contributed by atoms with E-state index in [0.29, 0.717) is 40.8 Å². The zero-order chi connectivity index (χ0) is 22.4. The molecule has 0 unspecified atom stereocenters. The molecule has 0 aliphatic rings. The van der Waals surface area contributed by atoms with Crippen LogP contribution >= 0.6 is 0 Å². The summed E-state index contributed by atoms with van der Waals surface area (Å²) in [7, 11) is 0. The number of aryl methyl sites for hydroxylation is 2. The number of benzene rings is 2. The van der Waals surface area contributed by atoms with Crippen molar-refractivity contribution in [3.8, 4) is 5.75 Å². The molecular weight excluding hydrogens is 401 g/mol. The molecule has 1 heterocycles. The number of carbonyl (C=O) groups excluding carboxylic acids is 1. The monoisotopic (exact) mass is 429 g/mol. The second kappa shape index (κ2) is 10.4. The van der Waals surface area contributed by atoms with Crippen LogP contribution in [-0.2, 0) is 12.8 Å². The highest BCUT2D eigenvalue weighted by molar-refractivity contribution is 6.04. The summed E-state index contributed by atoms with van der Waals surface area (Å²) in [5, 5.41) is 29.7. The molecule has 1 amide bonds. The van der Waals surface area contributed by atoms with Crippen LogP contribution in [0.3, 0.4) is 0 Å². The predicted octanol–water partition coefficient (Wildman–Crippen LogP) is 2.61. The van der Waals surface area contributed by atoms with E-state index in [9.17, 15) is 19.4 Å². The standard InChI is InChI=1S/C23H28FN3O4/c1-14(2)20(13-29)25-23(30)17-8-10-19-21(22(17)31-12-11-28)18(26-27-19)9-5-15-3-6-16(24)7-4-15/h3-4,6-8,10,14,20,28-29H,5,9,11-13H2,1-2H3,(H,25,30)(H,26,27)/t20-/m1/s1. The SMILES string of the molecule is CC(C)[C@@H](CO)NC(=O)c1ccc2[nH]nc(CCc3ccc(F)cc3)c2c1OCCO. The van der Waals surface area contributed by atoms with Gasteiger partial charge in [0.25, 0.3) is 5.91 Å². The summed E-state index contributed by atoms with van der Waals surface area (Å²) in [6.07, 6.45) is 1.19. The minimum Gasteiger partial charge on any atom is -0.490 e. The lowest BCUT2D eigenvalue weighted by Gasteiger charge is -2.21. The zero-order valence-electron chi connectivity index (χ0n) is 17.7. The molecule has 2 aromatic carbocycles. The number of carbonyl (C=O) groups is 1. The number of nitrogens with one attached hydrogen (secondary N) is 2. The highest BCUT2D eigenvalue weighted by atomic mass is 19.1. The summed E-state index contributed by atoms with van der Waals surface area (Å²) < 4.78 is 18.9. The number of hydrogen-bond acceptors (Lipinski definition) is 5. The van der Waals surface area contributed by atoms with E-state index in [-0.39, 0.29) is 37.5 Å². The number of rotatable bonds is 10. The predicted molar refractivity (Wildman–Crippen MR) is 116 cm³/mol. The topological polar surface area (TPSA) is 107 Å². The van der Waals surface area contributed by atoms with Gasteiger partial charge in [-0.2, -0.15) is 5.10 Å². The number of ether oxygens (including phenoxy) is 1. The van der Waals surface area contributed by atoms with Gasteiger partial charge in [-0.25, -0.2) is 4.39 Å². The maximum Gasteiger partial charge on any atom is 0.255 e. The van der Waals surface area contributed by atoms with Crippen molar-refractivity contribution in [1.29, 1.82) is 0 Å². The molecular formula is C23H28FN3O4. The first kappa shape index (κ1) is 22.7. The Morgan fingerprint density at radius 1 is 1.16 bits per heavy atom. The largest absolute Gasteiger partial charge is 0.490 e. The molecule has 1 aromatic heterocycles. The smallest absolute Gasteiger partial charge is 0.255 e. The third-order valence-corrected chi connectivity index (χ3v) is 5.22. The highest BCUT2D eigenvalue weighted by Gasteiger charge is 2.23. The first-order valence-electron chi connectivity index (χ1n) is 10.3. The molecule has 3 rings (SSSR count). The fraction of sp³-hybridized carbons (Fsp3) is 0.391. The van der Waals surface area contributed by atoms with Gasteiger partial charge in [0.15, 0.2) is 0 Å². The molecule has 0 spiro atoms. The Morgan fingerprint density at radius 3 is 2.55 bits per heavy atom. The van der Waals surface area contributed by atoms with Crippen LogP contribution in [0.4, 0.5) is 4.39 Å². The molecule has 0 fully saturated rings. The van der Waals surface area contributed by atoms with Gasteiger partial charge >= 0.3 is 0 Å². The summed E-state index contributed by atoms with van der Waals surface area (Å²) in [6, 6.07) is 9.30. The molecule has 0 radical (unpaired) electrons. The molecule has 4 N–H and O–H groups in total. The summed E-state index contributed by atoms with van der Waals surface area (Å²) >= 11 is 0. The van der Waals surface area contributed by atoms with E-state index in [1.54, 1.807) is 24.3 Å². The lowest BCUT2D eigenvalue weighted by Crippen LogP contribution is -2.41. The Morgan fingerprint density at radius 2 is 1.90 bits per heavy atom. The Balaban J connectivity index is 1.94. The van der Waals surface area contributed by atoms with Crippen LogP contribution in [0.25, 0.3) is 10.9 Å². The molecule has 31 heavy (non-hydrogen) atoms. The van der Waals surface area contributed by atoms with Crippen molar-refractivity contribution in [2.24, 2.45) is 5.92 Å². The number of H-pyrrole nitrogens is 1.